The molecule has 16 heavy (non-hydrogen) atoms. The zero-order valence-corrected chi connectivity index (χ0v) is 9.70. The lowest BCUT2D eigenvalue weighted by Gasteiger charge is -2.35. The normalized spacial score (nSPS) is 15.6. The summed E-state index contributed by atoms with van der Waals surface area (Å²) in [5.41, 5.74) is 1.24. The van der Waals surface area contributed by atoms with E-state index >= 15 is 0 Å². The predicted octanol–water partition coefficient (Wildman–Crippen LogP) is 1.39. The van der Waals surface area contributed by atoms with Gasteiger partial charge in [-0.15, -0.1) is 0 Å². The lowest BCUT2D eigenvalue weighted by atomic mass is 10.1. The molecule has 0 fully saturated rings. The number of nitrogens with one attached hydrogen (secondary N) is 1. The first-order valence-electron chi connectivity index (χ1n) is 5.50. The molecule has 1 aliphatic rings. The lowest BCUT2D eigenvalue weighted by molar-refractivity contribution is 0.0874. The minimum atomic E-state index is -0.716. The van der Waals surface area contributed by atoms with Crippen molar-refractivity contribution in [1.29, 1.82) is 0 Å². The van der Waals surface area contributed by atoms with Gasteiger partial charge in [-0.3, -0.25) is 0 Å². The summed E-state index contributed by atoms with van der Waals surface area (Å²) in [6, 6.07) is 5.26. The number of benzene rings is 1. The first kappa shape index (κ1) is 11.1. The Morgan fingerprint density at radius 1 is 1.44 bits per heavy atom. The summed E-state index contributed by atoms with van der Waals surface area (Å²) >= 11 is 0. The van der Waals surface area contributed by atoms with Crippen molar-refractivity contribution < 1.29 is 10.2 Å². The average molecular weight is 222 g/mol. The first-order valence-corrected chi connectivity index (χ1v) is 5.50. The molecule has 0 unspecified atom stereocenters. The minimum absolute atomic E-state index is 0.261. The summed E-state index contributed by atoms with van der Waals surface area (Å²) in [6.07, 6.45) is 0. The van der Waals surface area contributed by atoms with Crippen LogP contribution in [0.1, 0.15) is 13.8 Å². The van der Waals surface area contributed by atoms with Gasteiger partial charge in [0.2, 0.25) is 0 Å². The van der Waals surface area contributed by atoms with Gasteiger partial charge in [-0.1, -0.05) is 0 Å². The molecule has 0 aliphatic carbocycles. The van der Waals surface area contributed by atoms with Crippen LogP contribution in [0, 0.1) is 0 Å². The Kier molecular flexibility index (Phi) is 2.68. The van der Waals surface area contributed by atoms with Crippen LogP contribution in [0.2, 0.25) is 0 Å². The fourth-order valence-electron chi connectivity index (χ4n) is 2.02. The van der Waals surface area contributed by atoms with Gasteiger partial charge < -0.3 is 20.4 Å². The van der Waals surface area contributed by atoms with Crippen molar-refractivity contribution in [1.82, 2.24) is 0 Å². The smallest absolute Gasteiger partial charge is 0.117 e. The van der Waals surface area contributed by atoms with Crippen molar-refractivity contribution in [2.45, 2.75) is 19.4 Å². The van der Waals surface area contributed by atoms with Crippen molar-refractivity contribution >= 4 is 11.4 Å². The van der Waals surface area contributed by atoms with Crippen LogP contribution in [0.3, 0.4) is 0 Å². The van der Waals surface area contributed by atoms with Gasteiger partial charge in [-0.25, -0.2) is 0 Å². The van der Waals surface area contributed by atoms with E-state index < -0.39 is 5.60 Å². The number of nitrogens with zero attached hydrogens (tertiary/aromatic N) is 1. The van der Waals surface area contributed by atoms with Crippen molar-refractivity contribution in [2.75, 3.05) is 29.9 Å². The highest BCUT2D eigenvalue weighted by atomic mass is 16.3. The summed E-state index contributed by atoms with van der Waals surface area (Å²) in [6.45, 7) is 5.88. The SMILES string of the molecule is CC(C)(O)CN1CCNc2cc(O)ccc21. The van der Waals surface area contributed by atoms with Gasteiger partial charge in [0, 0.05) is 25.7 Å². The van der Waals surface area contributed by atoms with Crippen LogP contribution in [0.25, 0.3) is 0 Å². The zero-order valence-electron chi connectivity index (χ0n) is 9.70. The second-order valence-corrected chi connectivity index (χ2v) is 4.86. The number of phenols is 1. The number of aliphatic hydroxyl groups is 1. The van der Waals surface area contributed by atoms with Crippen molar-refractivity contribution in [3.63, 3.8) is 0 Å². The van der Waals surface area contributed by atoms with E-state index in [1.165, 1.54) is 0 Å². The summed E-state index contributed by atoms with van der Waals surface area (Å²) < 4.78 is 0. The van der Waals surface area contributed by atoms with Gasteiger partial charge in [-0.2, -0.15) is 0 Å². The van der Waals surface area contributed by atoms with Gasteiger partial charge in [0.1, 0.15) is 5.75 Å². The highest BCUT2D eigenvalue weighted by molar-refractivity contribution is 5.73. The van der Waals surface area contributed by atoms with Gasteiger partial charge in [-0.05, 0) is 26.0 Å². The molecule has 4 heteroatoms. The van der Waals surface area contributed by atoms with Crippen LogP contribution in [-0.2, 0) is 0 Å². The molecule has 1 aromatic rings. The molecule has 1 aliphatic heterocycles. The average Bonchev–Trinajstić information content (AvgIpc) is 2.15. The summed E-state index contributed by atoms with van der Waals surface area (Å²) in [5, 5.41) is 22.5. The van der Waals surface area contributed by atoms with Crippen LogP contribution >= 0.6 is 0 Å². The van der Waals surface area contributed by atoms with Crippen molar-refractivity contribution in [2.24, 2.45) is 0 Å². The van der Waals surface area contributed by atoms with Gasteiger partial charge in [0.25, 0.3) is 0 Å². The Bertz CT molecular complexity index is 385. The monoisotopic (exact) mass is 222 g/mol. The van der Waals surface area contributed by atoms with E-state index in [2.05, 4.69) is 10.2 Å². The molecule has 1 aromatic carbocycles. The minimum Gasteiger partial charge on any atom is -0.508 e. The van der Waals surface area contributed by atoms with E-state index in [4.69, 9.17) is 0 Å². The highest BCUT2D eigenvalue weighted by Gasteiger charge is 2.22. The highest BCUT2D eigenvalue weighted by Crippen LogP contribution is 2.32. The molecular weight excluding hydrogens is 204 g/mol. The number of rotatable bonds is 2. The number of phenolic OH excluding ortho intramolecular Hbond substituents is 1. The van der Waals surface area contributed by atoms with E-state index in [0.29, 0.717) is 6.54 Å². The Balaban J connectivity index is 2.26. The fourth-order valence-corrected chi connectivity index (χ4v) is 2.02. The predicted molar refractivity (Wildman–Crippen MR) is 65.1 cm³/mol. The van der Waals surface area contributed by atoms with E-state index in [-0.39, 0.29) is 5.75 Å². The Morgan fingerprint density at radius 2 is 2.19 bits per heavy atom. The molecule has 0 spiro atoms. The molecule has 88 valence electrons. The Morgan fingerprint density at radius 3 is 2.88 bits per heavy atom. The number of aromatic hydroxyl groups is 1. The largest absolute Gasteiger partial charge is 0.508 e. The number of fused-ring (bicyclic) bond motifs is 1. The molecule has 4 nitrogen and oxygen atoms in total. The summed E-state index contributed by atoms with van der Waals surface area (Å²) in [5.74, 6) is 0.261. The first-order chi connectivity index (χ1) is 7.46. The topological polar surface area (TPSA) is 55.7 Å². The maximum Gasteiger partial charge on any atom is 0.117 e. The molecular formula is C12H18N2O2. The maximum atomic E-state index is 9.84. The fraction of sp³-hybridized carbons (Fsp3) is 0.500. The van der Waals surface area contributed by atoms with Gasteiger partial charge in [0.05, 0.1) is 17.0 Å². The molecule has 3 N–H and O–H groups in total. The molecule has 0 amide bonds. The number of β-amino-alcohol motifs (C(OH)–C–C–N with tert-alkyl or cyclic N) is 1. The summed E-state index contributed by atoms with van der Waals surface area (Å²) in [4.78, 5) is 2.13. The van der Waals surface area contributed by atoms with Crippen LogP contribution in [0.5, 0.6) is 5.75 Å². The number of anilines is 2. The summed E-state index contributed by atoms with van der Waals surface area (Å²) in [7, 11) is 0. The van der Waals surface area contributed by atoms with E-state index in [1.54, 1.807) is 26.0 Å². The van der Waals surface area contributed by atoms with Crippen LogP contribution in [0.4, 0.5) is 11.4 Å². The van der Waals surface area contributed by atoms with Crippen molar-refractivity contribution in [3.8, 4) is 5.75 Å². The molecule has 2 rings (SSSR count). The third-order valence-corrected chi connectivity index (χ3v) is 2.60. The quantitative estimate of drug-likeness (QED) is 0.708. The molecule has 0 bridgehead atoms. The van der Waals surface area contributed by atoms with Gasteiger partial charge >= 0.3 is 0 Å². The molecule has 0 saturated heterocycles. The Hall–Kier alpha value is -1.42. The number of hydrogen-bond acceptors (Lipinski definition) is 4. The van der Waals surface area contributed by atoms with Crippen LogP contribution in [-0.4, -0.2) is 35.4 Å². The van der Waals surface area contributed by atoms with Crippen LogP contribution < -0.4 is 10.2 Å². The van der Waals surface area contributed by atoms with E-state index in [1.807, 2.05) is 6.07 Å². The van der Waals surface area contributed by atoms with E-state index in [0.717, 1.165) is 24.5 Å². The molecule has 0 aromatic heterocycles. The van der Waals surface area contributed by atoms with Crippen LogP contribution in [0.15, 0.2) is 18.2 Å². The van der Waals surface area contributed by atoms with Gasteiger partial charge in [0.15, 0.2) is 0 Å². The van der Waals surface area contributed by atoms with Crippen molar-refractivity contribution in [3.05, 3.63) is 18.2 Å². The standard InChI is InChI=1S/C12H18N2O2/c1-12(2,16)8-14-6-5-13-10-7-9(15)3-4-11(10)14/h3-4,7,13,15-16H,5-6,8H2,1-2H3. The number of hydrogen-bond donors (Lipinski definition) is 3. The second kappa shape index (κ2) is 3.87. The Labute approximate surface area is 95.5 Å². The third-order valence-electron chi connectivity index (χ3n) is 2.60. The zero-order chi connectivity index (χ0) is 11.8. The second-order valence-electron chi connectivity index (χ2n) is 4.86. The molecule has 0 radical (unpaired) electrons. The molecule has 1 heterocycles. The molecule has 0 atom stereocenters. The van der Waals surface area contributed by atoms with E-state index in [9.17, 15) is 10.2 Å². The molecule has 0 saturated carbocycles. The maximum absolute atomic E-state index is 9.84. The lowest BCUT2D eigenvalue weighted by Crippen LogP contribution is -2.43. The third kappa shape index (κ3) is 2.39.